The summed E-state index contributed by atoms with van der Waals surface area (Å²) < 4.78 is 16.5. The predicted molar refractivity (Wildman–Crippen MR) is 87.7 cm³/mol. The van der Waals surface area contributed by atoms with Crippen LogP contribution in [0.4, 0.5) is 0 Å². The lowest BCUT2D eigenvalue weighted by Gasteiger charge is -2.27. The van der Waals surface area contributed by atoms with Crippen molar-refractivity contribution in [3.63, 3.8) is 0 Å². The Balaban J connectivity index is 1.52. The van der Waals surface area contributed by atoms with Crippen molar-refractivity contribution >= 4 is 11.8 Å². The van der Waals surface area contributed by atoms with Crippen molar-refractivity contribution in [1.82, 2.24) is 20.0 Å². The Morgan fingerprint density at radius 2 is 2.31 bits per heavy atom. The first-order chi connectivity index (χ1) is 12.4. The predicted octanol–water partition coefficient (Wildman–Crippen LogP) is -0.235. The van der Waals surface area contributed by atoms with Crippen LogP contribution in [0, 0.1) is 18.8 Å². The molecule has 4 rings (SSSR count). The molecule has 0 aromatic carbocycles. The van der Waals surface area contributed by atoms with E-state index < -0.39 is 17.4 Å². The van der Waals surface area contributed by atoms with Crippen LogP contribution >= 0.6 is 0 Å². The maximum Gasteiger partial charge on any atom is 0.235 e. The van der Waals surface area contributed by atoms with Crippen LogP contribution in [0.3, 0.4) is 0 Å². The van der Waals surface area contributed by atoms with Gasteiger partial charge in [-0.1, -0.05) is 12.2 Å². The first kappa shape index (κ1) is 17.2. The van der Waals surface area contributed by atoms with E-state index in [4.69, 9.17) is 13.9 Å². The summed E-state index contributed by atoms with van der Waals surface area (Å²) in [5, 5.41) is 7.70. The molecule has 9 nitrogen and oxygen atoms in total. The van der Waals surface area contributed by atoms with Crippen LogP contribution in [0.25, 0.3) is 0 Å². The van der Waals surface area contributed by atoms with Crippen molar-refractivity contribution in [2.75, 3.05) is 33.9 Å². The van der Waals surface area contributed by atoms with Crippen LogP contribution < -0.4 is 0 Å². The zero-order chi connectivity index (χ0) is 18.5. The van der Waals surface area contributed by atoms with Gasteiger partial charge in [0.1, 0.15) is 5.60 Å². The van der Waals surface area contributed by atoms with Gasteiger partial charge in [-0.3, -0.25) is 9.59 Å². The molecule has 0 saturated carbocycles. The molecule has 1 spiro atoms. The fourth-order valence-electron chi connectivity index (χ4n) is 4.19. The van der Waals surface area contributed by atoms with Gasteiger partial charge in [0.25, 0.3) is 0 Å². The molecule has 3 aliphatic rings. The summed E-state index contributed by atoms with van der Waals surface area (Å²) in [5.41, 5.74) is -0.697. The number of carbonyl (C=O) groups excluding carboxylic acids is 2. The smallest absolute Gasteiger partial charge is 0.235 e. The zero-order valence-electron chi connectivity index (χ0n) is 15.0. The highest BCUT2D eigenvalue weighted by Crippen LogP contribution is 2.52. The Morgan fingerprint density at radius 1 is 1.50 bits per heavy atom. The molecule has 140 valence electrons. The van der Waals surface area contributed by atoms with E-state index in [-0.39, 0.29) is 24.5 Å². The van der Waals surface area contributed by atoms with E-state index in [1.54, 1.807) is 26.0 Å². The van der Waals surface area contributed by atoms with E-state index >= 15 is 0 Å². The number of aryl methyl sites for hydroxylation is 1. The van der Waals surface area contributed by atoms with Gasteiger partial charge in [0, 0.05) is 27.6 Å². The standard InChI is InChI=1S/C17H22N4O5/c1-10-18-19-12(25-10)8-20(2)15(22)13-11-4-5-17(26-11)9-21(6-7-24-3)16(23)14(13)17/h4-5,11,13-14H,6-9H2,1-3H3/t11-,13-,14+,17-/m0/s1. The molecule has 2 bridgehead atoms. The van der Waals surface area contributed by atoms with Gasteiger partial charge in [-0.2, -0.15) is 0 Å². The summed E-state index contributed by atoms with van der Waals surface area (Å²) in [5.74, 6) is -0.404. The lowest BCUT2D eigenvalue weighted by atomic mass is 9.76. The number of aromatic nitrogens is 2. The summed E-state index contributed by atoms with van der Waals surface area (Å²) in [4.78, 5) is 29.2. The van der Waals surface area contributed by atoms with Gasteiger partial charge >= 0.3 is 0 Å². The number of rotatable bonds is 6. The van der Waals surface area contributed by atoms with Gasteiger partial charge in [0.15, 0.2) is 0 Å². The second-order valence-corrected chi connectivity index (χ2v) is 7.06. The van der Waals surface area contributed by atoms with Gasteiger partial charge in [-0.25, -0.2) is 0 Å². The van der Waals surface area contributed by atoms with E-state index in [0.717, 1.165) is 0 Å². The Morgan fingerprint density at radius 3 is 3.00 bits per heavy atom. The SMILES string of the molecule is COCCN1C[C@]23C=C[C@H](O2)[C@H](C(=O)N(C)Cc2nnc(C)o2)[C@@H]3C1=O. The highest BCUT2D eigenvalue weighted by molar-refractivity contribution is 5.92. The molecule has 0 N–H and O–H groups in total. The van der Waals surface area contributed by atoms with Crippen molar-refractivity contribution in [3.05, 3.63) is 23.9 Å². The highest BCUT2D eigenvalue weighted by atomic mass is 16.5. The van der Waals surface area contributed by atoms with E-state index in [1.165, 1.54) is 4.90 Å². The highest BCUT2D eigenvalue weighted by Gasteiger charge is 2.67. The number of likely N-dealkylation sites (tertiary alicyclic amines) is 1. The summed E-state index contributed by atoms with van der Waals surface area (Å²) in [7, 11) is 3.27. The molecule has 1 aromatic rings. The maximum absolute atomic E-state index is 13.1. The molecule has 2 fully saturated rings. The van der Waals surface area contributed by atoms with Crippen LogP contribution in [-0.2, 0) is 25.6 Å². The minimum atomic E-state index is -0.697. The molecule has 0 aliphatic carbocycles. The summed E-state index contributed by atoms with van der Waals surface area (Å²) >= 11 is 0. The lowest BCUT2D eigenvalue weighted by molar-refractivity contribution is -0.143. The van der Waals surface area contributed by atoms with E-state index in [9.17, 15) is 9.59 Å². The number of carbonyl (C=O) groups is 2. The minimum Gasteiger partial charge on any atom is -0.424 e. The van der Waals surface area contributed by atoms with Crippen molar-refractivity contribution in [2.45, 2.75) is 25.2 Å². The number of hydrogen-bond donors (Lipinski definition) is 0. The largest absolute Gasteiger partial charge is 0.424 e. The third-order valence-electron chi connectivity index (χ3n) is 5.35. The monoisotopic (exact) mass is 362 g/mol. The lowest BCUT2D eigenvalue weighted by Crippen LogP contribution is -2.44. The fraction of sp³-hybridized carbons (Fsp3) is 0.647. The third kappa shape index (κ3) is 2.53. The van der Waals surface area contributed by atoms with Crippen LogP contribution in [0.1, 0.15) is 11.8 Å². The second-order valence-electron chi connectivity index (χ2n) is 7.06. The number of amides is 2. The van der Waals surface area contributed by atoms with Crippen LogP contribution in [0.15, 0.2) is 16.6 Å². The van der Waals surface area contributed by atoms with Crippen LogP contribution in [0.5, 0.6) is 0 Å². The van der Waals surface area contributed by atoms with Crippen LogP contribution in [0.2, 0.25) is 0 Å². The van der Waals surface area contributed by atoms with Gasteiger partial charge < -0.3 is 23.7 Å². The normalized spacial score (nSPS) is 31.7. The van der Waals surface area contributed by atoms with Gasteiger partial charge in [0.2, 0.25) is 23.6 Å². The second kappa shape index (κ2) is 6.17. The Kier molecular flexibility index (Phi) is 4.07. The Labute approximate surface area is 150 Å². The average molecular weight is 362 g/mol. The zero-order valence-corrected chi connectivity index (χ0v) is 15.0. The number of methoxy groups -OCH3 is 1. The summed E-state index contributed by atoms with van der Waals surface area (Å²) in [6, 6.07) is 0. The number of fused-ring (bicyclic) bond motifs is 1. The molecule has 9 heteroatoms. The Bertz CT molecular complexity index is 762. The van der Waals surface area contributed by atoms with Crippen molar-refractivity contribution in [1.29, 1.82) is 0 Å². The fourth-order valence-corrected chi connectivity index (χ4v) is 4.19. The third-order valence-corrected chi connectivity index (χ3v) is 5.35. The topological polar surface area (TPSA) is 98.0 Å². The maximum atomic E-state index is 13.1. The molecule has 1 aromatic heterocycles. The molecular formula is C17H22N4O5. The minimum absolute atomic E-state index is 0.0470. The van der Waals surface area contributed by atoms with E-state index in [0.29, 0.717) is 31.5 Å². The number of nitrogens with zero attached hydrogens (tertiary/aromatic N) is 4. The first-order valence-electron chi connectivity index (χ1n) is 8.64. The van der Waals surface area contributed by atoms with Crippen molar-refractivity contribution < 1.29 is 23.5 Å². The average Bonchev–Trinajstić information content (AvgIpc) is 3.34. The Hall–Kier alpha value is -2.26. The van der Waals surface area contributed by atoms with Gasteiger partial charge in [-0.15, -0.1) is 10.2 Å². The molecule has 2 amide bonds. The molecule has 26 heavy (non-hydrogen) atoms. The van der Waals surface area contributed by atoms with Crippen molar-refractivity contribution in [3.8, 4) is 0 Å². The summed E-state index contributed by atoms with van der Waals surface area (Å²) in [6.45, 7) is 3.31. The first-order valence-corrected chi connectivity index (χ1v) is 8.64. The van der Waals surface area contributed by atoms with Crippen LogP contribution in [-0.4, -0.2) is 77.4 Å². The molecule has 4 heterocycles. The van der Waals surface area contributed by atoms with Gasteiger partial charge in [-0.05, 0) is 0 Å². The quantitative estimate of drug-likeness (QED) is 0.645. The molecule has 4 atom stereocenters. The number of hydrogen-bond acceptors (Lipinski definition) is 7. The number of ether oxygens (including phenoxy) is 2. The van der Waals surface area contributed by atoms with Crippen molar-refractivity contribution in [2.24, 2.45) is 11.8 Å². The molecule has 0 radical (unpaired) electrons. The molecular weight excluding hydrogens is 340 g/mol. The molecule has 3 aliphatic heterocycles. The summed E-state index contributed by atoms with van der Waals surface area (Å²) in [6.07, 6.45) is 3.47. The molecule has 2 saturated heterocycles. The van der Waals surface area contributed by atoms with Gasteiger partial charge in [0.05, 0.1) is 37.6 Å². The molecule has 0 unspecified atom stereocenters. The van der Waals surface area contributed by atoms with E-state index in [2.05, 4.69) is 10.2 Å². The van der Waals surface area contributed by atoms with E-state index in [1.807, 2.05) is 12.2 Å².